The molecule has 1 unspecified atom stereocenters. The first-order valence-electron chi connectivity index (χ1n) is 7.91. The van der Waals surface area contributed by atoms with Crippen LogP contribution in [0.1, 0.15) is 25.3 Å². The molecule has 0 spiro atoms. The van der Waals surface area contributed by atoms with Crippen molar-refractivity contribution < 1.29 is 8.42 Å². The summed E-state index contributed by atoms with van der Waals surface area (Å²) in [6, 6.07) is 7.87. The van der Waals surface area contributed by atoms with E-state index in [2.05, 4.69) is 17.1 Å². The Hall–Kier alpha value is -0.950. The minimum atomic E-state index is -3.36. The van der Waals surface area contributed by atoms with Gasteiger partial charge in [0.2, 0.25) is 10.0 Å². The minimum Gasteiger partial charge on any atom is -0.315 e. The van der Waals surface area contributed by atoms with E-state index >= 15 is 0 Å². The first kappa shape index (κ1) is 17.4. The summed E-state index contributed by atoms with van der Waals surface area (Å²) in [5.74, 6) is 0. The Bertz CT molecular complexity index is 581. The average Bonchev–Trinajstić information content (AvgIpc) is 3.01. The molecule has 1 aliphatic heterocycles. The van der Waals surface area contributed by atoms with Crippen LogP contribution in [0.15, 0.2) is 29.2 Å². The van der Waals surface area contributed by atoms with Gasteiger partial charge < -0.3 is 5.32 Å². The zero-order valence-corrected chi connectivity index (χ0v) is 14.6. The zero-order chi connectivity index (χ0) is 16.2. The fourth-order valence-electron chi connectivity index (χ4n) is 2.88. The van der Waals surface area contributed by atoms with Crippen LogP contribution in [-0.2, 0) is 16.6 Å². The lowest BCUT2D eigenvalue weighted by atomic mass is 10.1. The fourth-order valence-corrected chi connectivity index (χ4v) is 3.85. The van der Waals surface area contributed by atoms with E-state index < -0.39 is 10.0 Å². The first-order valence-corrected chi connectivity index (χ1v) is 9.35. The van der Waals surface area contributed by atoms with Crippen LogP contribution >= 0.6 is 0 Å². The van der Waals surface area contributed by atoms with Crippen LogP contribution in [0.25, 0.3) is 0 Å². The normalized spacial score (nSPS) is 19.2. The molecule has 0 bridgehead atoms. The van der Waals surface area contributed by atoms with Gasteiger partial charge in [0.15, 0.2) is 0 Å². The van der Waals surface area contributed by atoms with Gasteiger partial charge in [-0.25, -0.2) is 12.7 Å². The Balaban J connectivity index is 2.18. The SMILES string of the molecule is CCCN(Cc1cccc(S(=O)(=O)N(C)C)c1)C1CCNC1. The van der Waals surface area contributed by atoms with Gasteiger partial charge in [-0.15, -0.1) is 0 Å². The Morgan fingerprint density at radius 3 is 2.68 bits per heavy atom. The van der Waals surface area contributed by atoms with Gasteiger partial charge in [-0.3, -0.25) is 4.90 Å². The van der Waals surface area contributed by atoms with Crippen molar-refractivity contribution in [2.75, 3.05) is 33.7 Å². The van der Waals surface area contributed by atoms with E-state index in [-0.39, 0.29) is 0 Å². The molecule has 0 aromatic heterocycles. The van der Waals surface area contributed by atoms with Gasteiger partial charge >= 0.3 is 0 Å². The number of rotatable bonds is 7. The standard InChI is InChI=1S/C16H27N3O2S/c1-4-10-19(15-8-9-17-12-15)13-14-6-5-7-16(11-14)22(20,21)18(2)3/h5-7,11,15,17H,4,8-10,12-13H2,1-3H3. The molecule has 22 heavy (non-hydrogen) atoms. The highest BCUT2D eigenvalue weighted by Gasteiger charge is 2.22. The first-order chi connectivity index (χ1) is 10.4. The molecular formula is C16H27N3O2S. The summed E-state index contributed by atoms with van der Waals surface area (Å²) in [5.41, 5.74) is 1.06. The third-order valence-corrected chi connectivity index (χ3v) is 5.94. The second-order valence-corrected chi connectivity index (χ2v) is 8.20. The Morgan fingerprint density at radius 1 is 1.32 bits per heavy atom. The summed E-state index contributed by atoms with van der Waals surface area (Å²) in [5, 5.41) is 3.40. The third kappa shape index (κ3) is 4.07. The van der Waals surface area contributed by atoms with Crippen LogP contribution in [0.3, 0.4) is 0 Å². The maximum absolute atomic E-state index is 12.3. The quantitative estimate of drug-likeness (QED) is 0.826. The van der Waals surface area contributed by atoms with Crippen molar-refractivity contribution in [3.63, 3.8) is 0 Å². The molecular weight excluding hydrogens is 298 g/mol. The third-order valence-electron chi connectivity index (χ3n) is 4.12. The second-order valence-electron chi connectivity index (χ2n) is 6.05. The molecule has 1 saturated heterocycles. The molecule has 1 N–H and O–H groups in total. The second kappa shape index (κ2) is 7.55. The molecule has 2 rings (SSSR count). The lowest BCUT2D eigenvalue weighted by Gasteiger charge is -2.28. The van der Waals surface area contributed by atoms with Gasteiger partial charge in [-0.2, -0.15) is 0 Å². The van der Waals surface area contributed by atoms with E-state index in [1.807, 2.05) is 12.1 Å². The Labute approximate surface area is 134 Å². The van der Waals surface area contributed by atoms with Gasteiger partial charge in [0, 0.05) is 33.2 Å². The highest BCUT2D eigenvalue weighted by atomic mass is 32.2. The highest BCUT2D eigenvalue weighted by Crippen LogP contribution is 2.18. The molecule has 1 aromatic rings. The van der Waals surface area contributed by atoms with Crippen molar-refractivity contribution in [1.29, 1.82) is 0 Å². The molecule has 5 nitrogen and oxygen atoms in total. The van der Waals surface area contributed by atoms with Crippen molar-refractivity contribution in [1.82, 2.24) is 14.5 Å². The topological polar surface area (TPSA) is 52.7 Å². The fraction of sp³-hybridized carbons (Fsp3) is 0.625. The smallest absolute Gasteiger partial charge is 0.242 e. The summed E-state index contributed by atoms with van der Waals surface area (Å²) in [6.45, 7) is 6.12. The van der Waals surface area contributed by atoms with Gasteiger partial charge in [0.25, 0.3) is 0 Å². The summed E-state index contributed by atoms with van der Waals surface area (Å²) in [4.78, 5) is 2.83. The summed E-state index contributed by atoms with van der Waals surface area (Å²) in [7, 11) is -0.234. The number of hydrogen-bond donors (Lipinski definition) is 1. The predicted octanol–water partition coefficient (Wildman–Crippen LogP) is 1.51. The van der Waals surface area contributed by atoms with Gasteiger partial charge in [0.05, 0.1) is 4.90 Å². The number of nitrogens with one attached hydrogen (secondary N) is 1. The summed E-state index contributed by atoms with van der Waals surface area (Å²) < 4.78 is 25.8. The number of nitrogens with zero attached hydrogens (tertiary/aromatic N) is 2. The van der Waals surface area contributed by atoms with E-state index in [0.29, 0.717) is 10.9 Å². The van der Waals surface area contributed by atoms with Gasteiger partial charge in [-0.05, 0) is 43.6 Å². The van der Waals surface area contributed by atoms with Gasteiger partial charge in [0.1, 0.15) is 0 Å². The largest absolute Gasteiger partial charge is 0.315 e. The molecule has 1 atom stereocenters. The van der Waals surface area contributed by atoms with E-state index in [4.69, 9.17) is 0 Å². The van der Waals surface area contributed by atoms with Crippen molar-refractivity contribution in [2.24, 2.45) is 0 Å². The van der Waals surface area contributed by atoms with Crippen molar-refractivity contribution in [3.05, 3.63) is 29.8 Å². The van der Waals surface area contributed by atoms with E-state index in [1.165, 1.54) is 4.31 Å². The lowest BCUT2D eigenvalue weighted by Crippen LogP contribution is -2.37. The highest BCUT2D eigenvalue weighted by molar-refractivity contribution is 7.89. The average molecular weight is 325 g/mol. The van der Waals surface area contributed by atoms with Crippen molar-refractivity contribution in [2.45, 2.75) is 37.2 Å². The lowest BCUT2D eigenvalue weighted by molar-refractivity contribution is 0.199. The molecule has 124 valence electrons. The molecule has 1 heterocycles. The van der Waals surface area contributed by atoms with Crippen LogP contribution in [0, 0.1) is 0 Å². The Morgan fingerprint density at radius 2 is 2.09 bits per heavy atom. The zero-order valence-electron chi connectivity index (χ0n) is 13.7. The number of sulfonamides is 1. The maximum Gasteiger partial charge on any atom is 0.242 e. The van der Waals surface area contributed by atoms with Crippen LogP contribution in [-0.4, -0.2) is 57.4 Å². The number of benzene rings is 1. The van der Waals surface area contributed by atoms with Crippen LogP contribution in [0.4, 0.5) is 0 Å². The van der Waals surface area contributed by atoms with E-state index in [1.54, 1.807) is 26.2 Å². The summed E-state index contributed by atoms with van der Waals surface area (Å²) >= 11 is 0. The Kier molecular flexibility index (Phi) is 5.97. The molecule has 0 saturated carbocycles. The molecule has 0 aliphatic carbocycles. The molecule has 6 heteroatoms. The minimum absolute atomic E-state index is 0.371. The van der Waals surface area contributed by atoms with Crippen LogP contribution in [0.2, 0.25) is 0 Å². The van der Waals surface area contributed by atoms with Crippen molar-refractivity contribution in [3.8, 4) is 0 Å². The van der Waals surface area contributed by atoms with Crippen LogP contribution < -0.4 is 5.32 Å². The molecule has 1 fully saturated rings. The molecule has 0 amide bonds. The predicted molar refractivity (Wildman–Crippen MR) is 89.3 cm³/mol. The summed E-state index contributed by atoms with van der Waals surface area (Å²) in [6.07, 6.45) is 2.27. The number of hydrogen-bond acceptors (Lipinski definition) is 4. The van der Waals surface area contributed by atoms with Gasteiger partial charge in [-0.1, -0.05) is 19.1 Å². The van der Waals surface area contributed by atoms with E-state index in [9.17, 15) is 8.42 Å². The maximum atomic E-state index is 12.3. The monoisotopic (exact) mass is 325 g/mol. The molecule has 1 aromatic carbocycles. The molecule has 1 aliphatic rings. The molecule has 0 radical (unpaired) electrons. The van der Waals surface area contributed by atoms with Crippen molar-refractivity contribution >= 4 is 10.0 Å². The van der Waals surface area contributed by atoms with Crippen LogP contribution in [0.5, 0.6) is 0 Å². The van der Waals surface area contributed by atoms with E-state index in [0.717, 1.165) is 44.6 Å².